The third-order valence-electron chi connectivity index (χ3n) is 8.51. The molecular weight excluding hydrogens is 635 g/mol. The molecule has 1 aliphatic rings. The van der Waals surface area contributed by atoms with Crippen molar-refractivity contribution in [1.82, 2.24) is 19.3 Å². The van der Waals surface area contributed by atoms with Crippen LogP contribution in [0.5, 0.6) is 5.75 Å². The molecule has 256 valence electrons. The number of hydrogen-bond donors (Lipinski definition) is 0. The van der Waals surface area contributed by atoms with E-state index in [4.69, 9.17) is 24.0 Å². The van der Waals surface area contributed by atoms with Gasteiger partial charge in [-0.1, -0.05) is 52.3 Å². The molecule has 1 aliphatic heterocycles. The molecule has 0 aliphatic carbocycles. The van der Waals surface area contributed by atoms with Gasteiger partial charge in [0.2, 0.25) is 0 Å². The highest BCUT2D eigenvalue weighted by Crippen LogP contribution is 2.39. The van der Waals surface area contributed by atoms with E-state index in [0.29, 0.717) is 66.5 Å². The average molecular weight is 685 g/mol. The highest BCUT2D eigenvalue weighted by Gasteiger charge is 2.28. The van der Waals surface area contributed by atoms with Crippen LogP contribution in [0.4, 0.5) is 8.78 Å². The molecule has 1 fully saturated rings. The van der Waals surface area contributed by atoms with Crippen molar-refractivity contribution in [3.8, 4) is 28.4 Å². The SMILES string of the molecule is CCc1cc(OCOCC[Si](C)(C)C)c(F)cc1-c1ccc2c(-c3nccn3COCC[Si](C)(C)C)nn(C3CCCCO3)c2c1F. The highest BCUT2D eigenvalue weighted by atomic mass is 28.3. The molecule has 3 heterocycles. The van der Waals surface area contributed by atoms with Crippen molar-refractivity contribution in [1.29, 1.82) is 0 Å². The first-order valence-electron chi connectivity index (χ1n) is 16.8. The highest BCUT2D eigenvalue weighted by molar-refractivity contribution is 6.76. The molecule has 0 radical (unpaired) electrons. The topological polar surface area (TPSA) is 72.6 Å². The molecule has 1 saturated heterocycles. The Labute approximate surface area is 279 Å². The second-order valence-corrected chi connectivity index (χ2v) is 26.0. The third kappa shape index (κ3) is 8.77. The normalized spacial score (nSPS) is 15.9. The van der Waals surface area contributed by atoms with Crippen LogP contribution in [0.1, 0.15) is 38.0 Å². The molecule has 0 N–H and O–H groups in total. The van der Waals surface area contributed by atoms with Gasteiger partial charge in [-0.2, -0.15) is 5.10 Å². The Bertz CT molecular complexity index is 1660. The number of hydrogen-bond acceptors (Lipinski definition) is 6. The van der Waals surface area contributed by atoms with Crippen LogP contribution in [-0.4, -0.2) is 62.1 Å². The zero-order valence-electron chi connectivity index (χ0n) is 29.0. The van der Waals surface area contributed by atoms with Crippen LogP contribution in [-0.2, 0) is 27.4 Å². The van der Waals surface area contributed by atoms with E-state index in [1.165, 1.54) is 6.07 Å². The minimum atomic E-state index is -1.24. The maximum atomic E-state index is 16.9. The number of benzene rings is 2. The average Bonchev–Trinajstić information content (AvgIpc) is 3.64. The van der Waals surface area contributed by atoms with Crippen LogP contribution < -0.4 is 4.74 Å². The van der Waals surface area contributed by atoms with E-state index in [2.05, 4.69) is 44.3 Å². The van der Waals surface area contributed by atoms with Crippen molar-refractivity contribution in [2.24, 2.45) is 0 Å². The van der Waals surface area contributed by atoms with Crippen LogP contribution in [0.2, 0.25) is 51.4 Å². The van der Waals surface area contributed by atoms with Gasteiger partial charge in [0.1, 0.15) is 17.9 Å². The van der Waals surface area contributed by atoms with E-state index in [0.717, 1.165) is 36.9 Å². The number of halogens is 2. The molecular formula is C35H50F2N4O4Si2. The zero-order valence-corrected chi connectivity index (χ0v) is 31.0. The van der Waals surface area contributed by atoms with E-state index >= 15 is 8.78 Å². The molecule has 1 unspecified atom stereocenters. The summed E-state index contributed by atoms with van der Waals surface area (Å²) in [6, 6.07) is 8.64. The van der Waals surface area contributed by atoms with E-state index in [9.17, 15) is 0 Å². The first-order chi connectivity index (χ1) is 22.4. The van der Waals surface area contributed by atoms with Crippen molar-refractivity contribution in [3.05, 3.63) is 53.9 Å². The molecule has 5 rings (SSSR count). The van der Waals surface area contributed by atoms with Crippen molar-refractivity contribution in [3.63, 3.8) is 0 Å². The summed E-state index contributed by atoms with van der Waals surface area (Å²) in [6.45, 7) is 17.9. The molecule has 2 aromatic heterocycles. The van der Waals surface area contributed by atoms with E-state index in [1.54, 1.807) is 23.0 Å². The van der Waals surface area contributed by atoms with Crippen molar-refractivity contribution < 1.29 is 27.7 Å². The lowest BCUT2D eigenvalue weighted by Crippen LogP contribution is -2.22. The third-order valence-corrected chi connectivity index (χ3v) is 11.9. The summed E-state index contributed by atoms with van der Waals surface area (Å²) in [4.78, 5) is 4.61. The Kier molecular flexibility index (Phi) is 11.4. The molecule has 0 amide bonds. The first kappa shape index (κ1) is 35.4. The Balaban J connectivity index is 1.49. The lowest BCUT2D eigenvalue weighted by molar-refractivity contribution is -0.0368. The van der Waals surface area contributed by atoms with Crippen molar-refractivity contribution in [2.75, 3.05) is 26.6 Å². The number of aryl methyl sites for hydroxylation is 1. The Morgan fingerprint density at radius 3 is 2.38 bits per heavy atom. The molecule has 47 heavy (non-hydrogen) atoms. The first-order valence-corrected chi connectivity index (χ1v) is 24.2. The summed E-state index contributed by atoms with van der Waals surface area (Å²) >= 11 is 0. The fourth-order valence-corrected chi connectivity index (χ4v) is 7.17. The van der Waals surface area contributed by atoms with E-state index in [1.807, 2.05) is 23.8 Å². The monoisotopic (exact) mass is 684 g/mol. The minimum absolute atomic E-state index is 0.0350. The summed E-state index contributed by atoms with van der Waals surface area (Å²) in [5.74, 6) is -0.343. The number of ether oxygens (including phenoxy) is 4. The summed E-state index contributed by atoms with van der Waals surface area (Å²) in [7, 11) is -2.47. The number of aromatic nitrogens is 4. The van der Waals surface area contributed by atoms with E-state index < -0.39 is 34.0 Å². The standard InChI is InChI=1S/C35H50F2N4O4Si2/c1-8-25-21-30(45-24-43-18-20-47(5,6)7)29(36)22-28(25)26-12-13-27-33(35-38-14-15-40(35)23-42-17-19-46(2,3)4)39-41(34(27)32(26)37)31-11-9-10-16-44-31/h12-15,21-22,31H,8-11,16-20,23-24H2,1-7H3. The minimum Gasteiger partial charge on any atom is -0.464 e. The van der Waals surface area contributed by atoms with Gasteiger partial charge >= 0.3 is 0 Å². The van der Waals surface area contributed by atoms with Gasteiger partial charge in [0, 0.05) is 59.3 Å². The fourth-order valence-electron chi connectivity index (χ4n) is 5.65. The van der Waals surface area contributed by atoms with Gasteiger partial charge in [0.05, 0.1) is 0 Å². The lowest BCUT2D eigenvalue weighted by atomic mass is 9.95. The molecule has 4 aromatic rings. The van der Waals surface area contributed by atoms with Gasteiger partial charge in [-0.15, -0.1) is 0 Å². The van der Waals surface area contributed by atoms with Gasteiger partial charge in [0.15, 0.2) is 36.2 Å². The quantitative estimate of drug-likeness (QED) is 0.0707. The summed E-state index contributed by atoms with van der Waals surface area (Å²) in [5.41, 5.74) is 2.42. The Morgan fingerprint density at radius 2 is 1.70 bits per heavy atom. The number of imidazole rings is 1. The Morgan fingerprint density at radius 1 is 0.957 bits per heavy atom. The Hall–Kier alpha value is -2.91. The van der Waals surface area contributed by atoms with Crippen LogP contribution in [0.3, 0.4) is 0 Å². The van der Waals surface area contributed by atoms with Crippen molar-refractivity contribution in [2.45, 2.75) is 96.9 Å². The zero-order chi connectivity index (χ0) is 33.8. The van der Waals surface area contributed by atoms with Crippen LogP contribution in [0, 0.1) is 11.6 Å². The maximum absolute atomic E-state index is 16.9. The van der Waals surface area contributed by atoms with E-state index in [-0.39, 0.29) is 12.5 Å². The largest absolute Gasteiger partial charge is 0.464 e. The fraction of sp³-hybridized carbons (Fsp3) is 0.543. The lowest BCUT2D eigenvalue weighted by Gasteiger charge is -2.24. The summed E-state index contributed by atoms with van der Waals surface area (Å²) in [5, 5.41) is 5.55. The molecule has 8 nitrogen and oxygen atoms in total. The molecule has 0 spiro atoms. The van der Waals surface area contributed by atoms with Gasteiger partial charge in [-0.25, -0.2) is 18.4 Å². The van der Waals surface area contributed by atoms with Crippen LogP contribution >= 0.6 is 0 Å². The van der Waals surface area contributed by atoms with Crippen LogP contribution in [0.15, 0.2) is 36.7 Å². The van der Waals surface area contributed by atoms with Gasteiger partial charge < -0.3 is 23.5 Å². The molecule has 2 aromatic carbocycles. The summed E-state index contributed by atoms with van der Waals surface area (Å²) < 4.78 is 59.3. The smallest absolute Gasteiger partial charge is 0.189 e. The second kappa shape index (κ2) is 15.1. The second-order valence-electron chi connectivity index (χ2n) is 14.8. The maximum Gasteiger partial charge on any atom is 0.189 e. The van der Waals surface area contributed by atoms with Gasteiger partial charge in [0.25, 0.3) is 0 Å². The predicted octanol–water partition coefficient (Wildman–Crippen LogP) is 9.11. The summed E-state index contributed by atoms with van der Waals surface area (Å²) in [6.07, 6.45) is 6.33. The predicted molar refractivity (Wildman–Crippen MR) is 188 cm³/mol. The van der Waals surface area contributed by atoms with Gasteiger partial charge in [-0.05, 0) is 67.1 Å². The van der Waals surface area contributed by atoms with Gasteiger partial charge in [-0.3, -0.25) is 0 Å². The number of fused-ring (bicyclic) bond motifs is 1. The molecule has 0 saturated carbocycles. The molecule has 1 atom stereocenters. The van der Waals surface area contributed by atoms with Crippen LogP contribution in [0.25, 0.3) is 33.5 Å². The molecule has 0 bridgehead atoms. The number of nitrogens with zero attached hydrogens (tertiary/aromatic N) is 4. The number of rotatable bonds is 15. The van der Waals surface area contributed by atoms with Crippen molar-refractivity contribution >= 4 is 27.1 Å². The molecule has 12 heteroatoms.